The van der Waals surface area contributed by atoms with Crippen LogP contribution in [-0.2, 0) is 4.79 Å². The molecule has 0 aromatic rings. The summed E-state index contributed by atoms with van der Waals surface area (Å²) < 4.78 is 0. The fraction of sp³-hybridized carbons (Fsp3) is 0.250. The molecule has 0 saturated heterocycles. The van der Waals surface area contributed by atoms with Crippen LogP contribution in [0.5, 0.6) is 0 Å². The Balaban J connectivity index is 3.92. The van der Waals surface area contributed by atoms with Crippen LogP contribution < -0.4 is 5.32 Å². The lowest BCUT2D eigenvalue weighted by Crippen LogP contribution is -2.39. The van der Waals surface area contributed by atoms with Crippen LogP contribution in [0.15, 0.2) is 25.3 Å². The van der Waals surface area contributed by atoms with Crippen LogP contribution in [0.1, 0.15) is 0 Å². The van der Waals surface area contributed by atoms with E-state index in [9.17, 15) is 9.59 Å². The average molecular weight is 169 g/mol. The second-order valence-electron chi connectivity index (χ2n) is 1.97. The van der Waals surface area contributed by atoms with Crippen molar-refractivity contribution in [3.05, 3.63) is 25.3 Å². The minimum absolute atomic E-state index is 0.159. The maximum Gasteiger partial charge on any atom is 0.325 e. The maximum absolute atomic E-state index is 11.0. The van der Waals surface area contributed by atoms with E-state index in [1.165, 1.54) is 18.6 Å². The normalized spacial score (nSPS) is 8.33. The van der Waals surface area contributed by atoms with Crippen molar-refractivity contribution < 1.29 is 9.59 Å². The summed E-state index contributed by atoms with van der Waals surface area (Å²) in [6.45, 7) is 7.29. The Morgan fingerprint density at radius 1 is 1.50 bits per heavy atom. The standard InChI is InChI=1S/C8H11N2O2/c1-3-5-9-8(12)10(7-11)6-4-2/h3-4H,1-2,5-6H2,(H,9,12)/i8+2. The van der Waals surface area contributed by atoms with Gasteiger partial charge in [0.05, 0.1) is 0 Å². The van der Waals surface area contributed by atoms with Gasteiger partial charge in [0.1, 0.15) is 0 Å². The molecular formula is C8H11N2O2. The van der Waals surface area contributed by atoms with Crippen molar-refractivity contribution in [3.8, 4) is 0 Å². The third kappa shape index (κ3) is 3.55. The molecule has 0 aromatic heterocycles. The first-order valence-corrected chi connectivity index (χ1v) is 3.41. The lowest BCUT2D eigenvalue weighted by molar-refractivity contribution is 0.223. The number of urea groups is 1. The molecule has 0 atom stereocenters. The molecule has 0 heterocycles. The quantitative estimate of drug-likeness (QED) is 0.479. The van der Waals surface area contributed by atoms with Gasteiger partial charge in [0, 0.05) is 13.1 Å². The zero-order chi connectivity index (χ0) is 9.40. The monoisotopic (exact) mass is 169 g/mol. The number of rotatable bonds is 5. The molecule has 0 unspecified atom stereocenters. The lowest BCUT2D eigenvalue weighted by Gasteiger charge is -2.11. The van der Waals surface area contributed by atoms with Crippen molar-refractivity contribution >= 4 is 12.4 Å². The largest absolute Gasteiger partial charge is 0.334 e. The molecule has 1 N–H and O–H groups in total. The third-order valence-electron chi connectivity index (χ3n) is 1.06. The summed E-state index contributed by atoms with van der Waals surface area (Å²) in [4.78, 5) is 22.0. The Labute approximate surface area is 71.5 Å². The molecule has 0 bridgehead atoms. The summed E-state index contributed by atoms with van der Waals surface area (Å²) in [7, 11) is 0. The van der Waals surface area contributed by atoms with Crippen LogP contribution in [0.2, 0.25) is 0 Å². The molecule has 4 nitrogen and oxygen atoms in total. The lowest BCUT2D eigenvalue weighted by atomic mass is 10.6. The Morgan fingerprint density at radius 2 is 2.17 bits per heavy atom. The van der Waals surface area contributed by atoms with Gasteiger partial charge in [0.25, 0.3) is 0 Å². The molecule has 0 aliphatic heterocycles. The Hall–Kier alpha value is -1.58. The van der Waals surface area contributed by atoms with Crippen LogP contribution in [-0.4, -0.2) is 30.4 Å². The van der Waals surface area contributed by atoms with Gasteiger partial charge in [0.15, 0.2) is 0 Å². The SMILES string of the molecule is C=CCN[14C](=O)N([C]=O)CC=C. The van der Waals surface area contributed by atoms with Crippen molar-refractivity contribution in [1.29, 1.82) is 0 Å². The Bertz CT molecular complexity index is 189. The fourth-order valence-electron chi connectivity index (χ4n) is 0.546. The van der Waals surface area contributed by atoms with Crippen molar-refractivity contribution in [2.24, 2.45) is 0 Å². The van der Waals surface area contributed by atoms with E-state index in [0.29, 0.717) is 6.54 Å². The van der Waals surface area contributed by atoms with Crippen molar-refractivity contribution in [3.63, 3.8) is 0 Å². The number of nitrogens with one attached hydrogen (secondary N) is 1. The smallest absolute Gasteiger partial charge is 0.325 e. The van der Waals surface area contributed by atoms with Crippen molar-refractivity contribution in [2.75, 3.05) is 13.1 Å². The van der Waals surface area contributed by atoms with Gasteiger partial charge >= 0.3 is 12.4 Å². The highest BCUT2D eigenvalue weighted by Gasteiger charge is 2.09. The van der Waals surface area contributed by atoms with Gasteiger partial charge in [-0.1, -0.05) is 12.2 Å². The van der Waals surface area contributed by atoms with Gasteiger partial charge in [-0.25, -0.2) is 4.79 Å². The van der Waals surface area contributed by atoms with Crippen LogP contribution in [0.25, 0.3) is 0 Å². The number of amides is 3. The molecule has 0 aromatic carbocycles. The topological polar surface area (TPSA) is 49.4 Å². The summed E-state index contributed by atoms with van der Waals surface area (Å²) in [5.41, 5.74) is 0. The molecule has 0 fully saturated rings. The molecule has 4 heteroatoms. The van der Waals surface area contributed by atoms with Gasteiger partial charge in [-0.2, -0.15) is 0 Å². The van der Waals surface area contributed by atoms with E-state index in [1.54, 1.807) is 0 Å². The molecule has 0 rings (SSSR count). The van der Waals surface area contributed by atoms with E-state index in [4.69, 9.17) is 0 Å². The number of hydrogen-bond donors (Lipinski definition) is 1. The summed E-state index contributed by atoms with van der Waals surface area (Å²) >= 11 is 0. The Kier molecular flexibility index (Phi) is 5.34. The van der Waals surface area contributed by atoms with Crippen LogP contribution in [0.3, 0.4) is 0 Å². The van der Waals surface area contributed by atoms with Crippen molar-refractivity contribution in [2.45, 2.75) is 0 Å². The van der Waals surface area contributed by atoms with Crippen molar-refractivity contribution in [1.82, 2.24) is 10.2 Å². The first-order valence-electron chi connectivity index (χ1n) is 3.41. The van der Waals surface area contributed by atoms with Crippen LogP contribution in [0.4, 0.5) is 4.79 Å². The molecule has 65 valence electrons. The predicted molar refractivity (Wildman–Crippen MR) is 46.2 cm³/mol. The van der Waals surface area contributed by atoms with Crippen LogP contribution >= 0.6 is 0 Å². The number of nitrogens with zero attached hydrogens (tertiary/aromatic N) is 1. The molecule has 0 aliphatic rings. The van der Waals surface area contributed by atoms with E-state index in [1.807, 2.05) is 0 Å². The molecule has 1 radical (unpaired) electrons. The molecule has 12 heavy (non-hydrogen) atoms. The predicted octanol–water partition coefficient (Wildman–Crippen LogP) is 0.437. The van der Waals surface area contributed by atoms with E-state index >= 15 is 0 Å². The van der Waals surface area contributed by atoms with Gasteiger partial charge in [-0.3, -0.25) is 9.69 Å². The first-order chi connectivity index (χ1) is 5.76. The maximum atomic E-state index is 11.0. The number of carbonyl (C=O) groups excluding carboxylic acids is 2. The first kappa shape index (κ1) is 10.4. The van der Waals surface area contributed by atoms with E-state index in [-0.39, 0.29) is 6.54 Å². The zero-order valence-corrected chi connectivity index (χ0v) is 6.75. The zero-order valence-electron chi connectivity index (χ0n) is 6.75. The highest BCUT2D eigenvalue weighted by atomic mass is 16.4. The fourth-order valence-corrected chi connectivity index (χ4v) is 0.546. The second kappa shape index (κ2) is 6.15. The van der Waals surface area contributed by atoms with E-state index in [0.717, 1.165) is 4.90 Å². The average Bonchev–Trinajstić information content (AvgIpc) is 2.10. The van der Waals surface area contributed by atoms with Gasteiger partial charge in [0.2, 0.25) is 0 Å². The Morgan fingerprint density at radius 3 is 2.58 bits per heavy atom. The molecule has 0 saturated carbocycles. The van der Waals surface area contributed by atoms with E-state index in [2.05, 4.69) is 18.5 Å². The summed E-state index contributed by atoms with van der Waals surface area (Å²) in [6.07, 6.45) is 4.44. The minimum atomic E-state index is -0.496. The molecule has 3 amide bonds. The molecule has 0 aliphatic carbocycles. The van der Waals surface area contributed by atoms with Gasteiger partial charge in [-0.05, 0) is 0 Å². The second-order valence-corrected chi connectivity index (χ2v) is 1.97. The van der Waals surface area contributed by atoms with Crippen LogP contribution in [0, 0.1) is 0 Å². The molecular weight excluding hydrogens is 158 g/mol. The molecule has 0 spiro atoms. The number of hydrogen-bond acceptors (Lipinski definition) is 2. The minimum Gasteiger partial charge on any atom is -0.334 e. The summed E-state index contributed by atoms with van der Waals surface area (Å²) in [5, 5.41) is 2.43. The highest BCUT2D eigenvalue weighted by molar-refractivity contribution is 5.85. The number of carbonyl (C=O) groups is 1. The third-order valence-corrected chi connectivity index (χ3v) is 1.06. The highest BCUT2D eigenvalue weighted by Crippen LogP contribution is 1.84. The van der Waals surface area contributed by atoms with E-state index < -0.39 is 6.03 Å². The summed E-state index contributed by atoms with van der Waals surface area (Å²) in [5.74, 6) is 0. The number of imide groups is 1. The summed E-state index contributed by atoms with van der Waals surface area (Å²) in [6, 6.07) is -0.496. The van der Waals surface area contributed by atoms with Gasteiger partial charge in [-0.15, -0.1) is 13.2 Å². The van der Waals surface area contributed by atoms with Gasteiger partial charge < -0.3 is 5.32 Å².